The van der Waals surface area contributed by atoms with Crippen LogP contribution in [0.25, 0.3) is 0 Å². The van der Waals surface area contributed by atoms with Gasteiger partial charge in [0.1, 0.15) is 11.5 Å². The van der Waals surface area contributed by atoms with Crippen LogP contribution in [-0.4, -0.2) is 12.9 Å². The summed E-state index contributed by atoms with van der Waals surface area (Å²) in [5, 5.41) is 0. The van der Waals surface area contributed by atoms with Crippen LogP contribution in [0.5, 0.6) is 5.75 Å². The fourth-order valence-electron chi connectivity index (χ4n) is 2.55. The lowest BCUT2D eigenvalue weighted by molar-refractivity contribution is -0.124. The first-order valence-corrected chi connectivity index (χ1v) is 6.37. The third kappa shape index (κ3) is 2.87. The molecular weight excluding hydrogens is 212 g/mol. The Morgan fingerprint density at radius 3 is 2.88 bits per heavy atom. The highest BCUT2D eigenvalue weighted by atomic mass is 16.5. The molecule has 0 spiro atoms. The van der Waals surface area contributed by atoms with Crippen LogP contribution in [0, 0.1) is 12.8 Å². The molecular formula is C15H20O2. The van der Waals surface area contributed by atoms with E-state index in [4.69, 9.17) is 4.74 Å². The molecule has 1 fully saturated rings. The van der Waals surface area contributed by atoms with E-state index in [0.29, 0.717) is 5.78 Å². The van der Waals surface area contributed by atoms with Crippen LogP contribution in [0.15, 0.2) is 18.2 Å². The molecule has 17 heavy (non-hydrogen) atoms. The van der Waals surface area contributed by atoms with Gasteiger partial charge in [-0.15, -0.1) is 0 Å². The lowest BCUT2D eigenvalue weighted by Crippen LogP contribution is -2.21. The van der Waals surface area contributed by atoms with Gasteiger partial charge in [-0.05, 0) is 43.4 Å². The molecule has 1 atom stereocenters. The topological polar surface area (TPSA) is 26.3 Å². The van der Waals surface area contributed by atoms with E-state index in [1.807, 2.05) is 6.92 Å². The first-order chi connectivity index (χ1) is 8.20. The zero-order valence-electron chi connectivity index (χ0n) is 10.7. The highest BCUT2D eigenvalue weighted by molar-refractivity contribution is 5.81. The second kappa shape index (κ2) is 5.35. The van der Waals surface area contributed by atoms with E-state index < -0.39 is 0 Å². The average molecular weight is 232 g/mol. The molecule has 0 aliphatic heterocycles. The maximum Gasteiger partial charge on any atom is 0.136 e. The minimum Gasteiger partial charge on any atom is -0.496 e. The molecule has 1 saturated carbocycles. The minimum absolute atomic E-state index is 0.233. The number of carbonyl (C=O) groups excluding carboxylic acids is 1. The Labute approximate surface area is 103 Å². The SMILES string of the molecule is COc1cc(CC2CCCCC2=O)ccc1C. The van der Waals surface area contributed by atoms with Crippen molar-refractivity contribution in [1.29, 1.82) is 0 Å². The number of ether oxygens (including phenoxy) is 1. The van der Waals surface area contributed by atoms with Gasteiger partial charge < -0.3 is 4.74 Å². The van der Waals surface area contributed by atoms with Gasteiger partial charge in [0.05, 0.1) is 7.11 Å². The molecule has 92 valence electrons. The normalized spacial score (nSPS) is 20.4. The maximum atomic E-state index is 11.8. The number of methoxy groups -OCH3 is 1. The molecule has 0 aromatic heterocycles. The van der Waals surface area contributed by atoms with E-state index in [1.165, 1.54) is 12.0 Å². The van der Waals surface area contributed by atoms with Gasteiger partial charge in [-0.3, -0.25) is 4.79 Å². The van der Waals surface area contributed by atoms with E-state index in [2.05, 4.69) is 18.2 Å². The molecule has 2 heteroatoms. The van der Waals surface area contributed by atoms with Crippen LogP contribution in [0.2, 0.25) is 0 Å². The number of aryl methyl sites for hydroxylation is 1. The summed E-state index contributed by atoms with van der Waals surface area (Å²) in [7, 11) is 1.69. The third-order valence-corrected chi connectivity index (χ3v) is 3.64. The summed E-state index contributed by atoms with van der Waals surface area (Å²) in [4.78, 5) is 11.8. The summed E-state index contributed by atoms with van der Waals surface area (Å²) >= 11 is 0. The number of carbonyl (C=O) groups is 1. The number of hydrogen-bond acceptors (Lipinski definition) is 2. The summed E-state index contributed by atoms with van der Waals surface area (Å²) in [5.41, 5.74) is 2.36. The van der Waals surface area contributed by atoms with E-state index in [1.54, 1.807) is 7.11 Å². The first-order valence-electron chi connectivity index (χ1n) is 6.37. The Morgan fingerprint density at radius 2 is 2.18 bits per heavy atom. The number of rotatable bonds is 3. The lowest BCUT2D eigenvalue weighted by atomic mass is 9.83. The van der Waals surface area contributed by atoms with Gasteiger partial charge in [-0.2, -0.15) is 0 Å². The van der Waals surface area contributed by atoms with E-state index in [0.717, 1.165) is 37.0 Å². The minimum atomic E-state index is 0.233. The summed E-state index contributed by atoms with van der Waals surface area (Å²) < 4.78 is 5.32. The van der Waals surface area contributed by atoms with Crippen LogP contribution in [0.1, 0.15) is 36.8 Å². The van der Waals surface area contributed by atoms with E-state index >= 15 is 0 Å². The molecule has 0 heterocycles. The average Bonchev–Trinajstić information content (AvgIpc) is 2.34. The van der Waals surface area contributed by atoms with Gasteiger partial charge in [0.25, 0.3) is 0 Å². The van der Waals surface area contributed by atoms with Crippen molar-refractivity contribution in [2.75, 3.05) is 7.11 Å². The fraction of sp³-hybridized carbons (Fsp3) is 0.533. The summed E-state index contributed by atoms with van der Waals surface area (Å²) in [6.45, 7) is 2.04. The predicted octanol–water partition coefficient (Wildman–Crippen LogP) is 3.31. The summed E-state index contributed by atoms with van der Waals surface area (Å²) in [6, 6.07) is 6.25. The van der Waals surface area contributed by atoms with Gasteiger partial charge in [0, 0.05) is 12.3 Å². The molecule has 0 bridgehead atoms. The number of Topliss-reactive ketones (excluding diaryl/α,β-unsaturated/α-hetero) is 1. The van der Waals surface area contributed by atoms with Gasteiger partial charge in [-0.1, -0.05) is 18.6 Å². The zero-order chi connectivity index (χ0) is 12.3. The Bertz CT molecular complexity index is 409. The molecule has 2 nitrogen and oxygen atoms in total. The molecule has 0 radical (unpaired) electrons. The Hall–Kier alpha value is -1.31. The van der Waals surface area contributed by atoms with Crippen LogP contribution < -0.4 is 4.74 Å². The number of benzene rings is 1. The van der Waals surface area contributed by atoms with Crippen LogP contribution in [0.3, 0.4) is 0 Å². The largest absolute Gasteiger partial charge is 0.496 e. The van der Waals surface area contributed by atoms with Crippen LogP contribution in [0.4, 0.5) is 0 Å². The standard InChI is InChI=1S/C15H20O2/c1-11-7-8-12(10-15(11)17-2)9-13-5-3-4-6-14(13)16/h7-8,10,13H,3-6,9H2,1-2H3. The van der Waals surface area contributed by atoms with Crippen molar-refractivity contribution in [3.63, 3.8) is 0 Å². The van der Waals surface area contributed by atoms with Gasteiger partial charge in [-0.25, -0.2) is 0 Å². The van der Waals surface area contributed by atoms with Crippen molar-refractivity contribution >= 4 is 5.78 Å². The molecule has 0 saturated heterocycles. The van der Waals surface area contributed by atoms with Crippen LogP contribution >= 0.6 is 0 Å². The molecule has 0 N–H and O–H groups in total. The number of hydrogen-bond donors (Lipinski definition) is 0. The molecule has 1 aromatic rings. The molecule has 0 amide bonds. The predicted molar refractivity (Wildman–Crippen MR) is 68.4 cm³/mol. The zero-order valence-corrected chi connectivity index (χ0v) is 10.7. The Morgan fingerprint density at radius 1 is 1.35 bits per heavy atom. The second-order valence-corrected chi connectivity index (χ2v) is 4.92. The smallest absolute Gasteiger partial charge is 0.136 e. The Balaban J connectivity index is 2.10. The second-order valence-electron chi connectivity index (χ2n) is 4.92. The van der Waals surface area contributed by atoms with Crippen molar-refractivity contribution in [2.45, 2.75) is 39.0 Å². The maximum absolute atomic E-state index is 11.8. The van der Waals surface area contributed by atoms with Crippen LogP contribution in [-0.2, 0) is 11.2 Å². The third-order valence-electron chi connectivity index (χ3n) is 3.64. The van der Waals surface area contributed by atoms with Crippen molar-refractivity contribution in [2.24, 2.45) is 5.92 Å². The number of ketones is 1. The summed E-state index contributed by atoms with van der Waals surface area (Å²) in [5.74, 6) is 1.60. The molecule has 2 rings (SSSR count). The molecule has 1 unspecified atom stereocenters. The summed E-state index contributed by atoms with van der Waals surface area (Å²) in [6.07, 6.45) is 4.96. The van der Waals surface area contributed by atoms with Crippen molar-refractivity contribution in [1.82, 2.24) is 0 Å². The van der Waals surface area contributed by atoms with Gasteiger partial charge in [0.15, 0.2) is 0 Å². The van der Waals surface area contributed by atoms with Crippen molar-refractivity contribution < 1.29 is 9.53 Å². The highest BCUT2D eigenvalue weighted by Crippen LogP contribution is 2.26. The fourth-order valence-corrected chi connectivity index (χ4v) is 2.55. The van der Waals surface area contributed by atoms with Gasteiger partial charge in [0.2, 0.25) is 0 Å². The Kier molecular flexibility index (Phi) is 3.82. The molecule has 1 aromatic carbocycles. The highest BCUT2D eigenvalue weighted by Gasteiger charge is 2.22. The molecule has 1 aliphatic carbocycles. The van der Waals surface area contributed by atoms with Crippen molar-refractivity contribution in [3.8, 4) is 5.75 Å². The molecule has 1 aliphatic rings. The lowest BCUT2D eigenvalue weighted by Gasteiger charge is -2.20. The quantitative estimate of drug-likeness (QED) is 0.799. The van der Waals surface area contributed by atoms with Crippen molar-refractivity contribution in [3.05, 3.63) is 29.3 Å². The van der Waals surface area contributed by atoms with Gasteiger partial charge >= 0.3 is 0 Å². The first kappa shape index (κ1) is 12.2. The monoisotopic (exact) mass is 232 g/mol. The van der Waals surface area contributed by atoms with E-state index in [-0.39, 0.29) is 5.92 Å². The van der Waals surface area contributed by atoms with E-state index in [9.17, 15) is 4.79 Å².